The summed E-state index contributed by atoms with van der Waals surface area (Å²) in [5.74, 6) is 1.81. The Morgan fingerprint density at radius 2 is 1.75 bits per heavy atom. The van der Waals surface area contributed by atoms with Crippen LogP contribution in [0.3, 0.4) is 0 Å². The molecule has 1 aliphatic rings. The Labute approximate surface area is 103 Å². The fourth-order valence-electron chi connectivity index (χ4n) is 1.89. The molecule has 2 aromatic carbocycles. The molecule has 0 atom stereocenters. The van der Waals surface area contributed by atoms with Crippen molar-refractivity contribution in [3.8, 4) is 11.5 Å². The Balaban J connectivity index is 2.18. The summed E-state index contributed by atoms with van der Waals surface area (Å²) in [5, 5.41) is 0. The normalized spacial score (nSPS) is 12.7. The lowest BCUT2D eigenvalue weighted by molar-refractivity contribution is 0.478. The molecular formula is C13H10AlNO. The topological polar surface area (TPSA) is 12.5 Å². The van der Waals surface area contributed by atoms with Gasteiger partial charge < -0.3 is 8.62 Å². The van der Waals surface area contributed by atoms with E-state index >= 15 is 0 Å². The first kappa shape index (κ1) is 9.77. The number of benzene rings is 2. The van der Waals surface area contributed by atoms with Crippen molar-refractivity contribution in [1.29, 1.82) is 0 Å². The van der Waals surface area contributed by atoms with Crippen molar-refractivity contribution >= 4 is 27.9 Å². The van der Waals surface area contributed by atoms with Crippen LogP contribution in [0.25, 0.3) is 0 Å². The van der Waals surface area contributed by atoms with Crippen LogP contribution in [0.2, 0.25) is 0 Å². The van der Waals surface area contributed by atoms with Gasteiger partial charge in [0.15, 0.2) is 0 Å². The molecule has 0 bridgehead atoms. The molecule has 0 saturated carbocycles. The second kappa shape index (κ2) is 3.55. The fraction of sp³-hybridized carbons (Fsp3) is 0.0769. The van der Waals surface area contributed by atoms with E-state index in [0.29, 0.717) is 0 Å². The Morgan fingerprint density at radius 3 is 2.62 bits per heavy atom. The predicted molar refractivity (Wildman–Crippen MR) is 65.6 cm³/mol. The smallest absolute Gasteiger partial charge is 0.318 e. The van der Waals surface area contributed by atoms with Crippen molar-refractivity contribution in [2.45, 2.75) is 6.92 Å². The molecule has 3 heteroatoms. The van der Waals surface area contributed by atoms with E-state index in [0.717, 1.165) is 22.9 Å². The van der Waals surface area contributed by atoms with Crippen LogP contribution in [0.15, 0.2) is 42.5 Å². The summed E-state index contributed by atoms with van der Waals surface area (Å²) in [4.78, 5) is 0. The van der Waals surface area contributed by atoms with Crippen LogP contribution in [0.1, 0.15) is 5.56 Å². The van der Waals surface area contributed by atoms with E-state index in [1.165, 1.54) is 5.56 Å². The van der Waals surface area contributed by atoms with E-state index in [4.69, 9.17) is 4.74 Å². The molecule has 0 unspecified atom stereocenters. The quantitative estimate of drug-likeness (QED) is 0.635. The summed E-state index contributed by atoms with van der Waals surface area (Å²) in [7, 11) is 0. The van der Waals surface area contributed by atoms with Crippen molar-refractivity contribution in [3.05, 3.63) is 48.0 Å². The van der Waals surface area contributed by atoms with Crippen LogP contribution in [-0.4, -0.2) is 16.5 Å². The summed E-state index contributed by atoms with van der Waals surface area (Å²) in [6, 6.07) is 14.3. The van der Waals surface area contributed by atoms with Gasteiger partial charge in [-0.1, -0.05) is 18.2 Å². The van der Waals surface area contributed by atoms with Gasteiger partial charge in [-0.15, -0.1) is 0 Å². The minimum absolute atomic E-state index is 0.899. The molecule has 0 fully saturated rings. The molecule has 0 spiro atoms. The van der Waals surface area contributed by atoms with E-state index in [-0.39, 0.29) is 0 Å². The summed E-state index contributed by atoms with van der Waals surface area (Å²) in [6.45, 7) is 2.07. The SMILES string of the molecule is Cc1ccc2c(c1)Oc1ccccc1[N]2[Al]. The minimum Gasteiger partial charge on any atom is -0.453 e. The van der Waals surface area contributed by atoms with Gasteiger partial charge in [-0.2, -0.15) is 0 Å². The van der Waals surface area contributed by atoms with Crippen LogP contribution in [-0.2, 0) is 0 Å². The van der Waals surface area contributed by atoms with Crippen molar-refractivity contribution < 1.29 is 4.74 Å². The molecule has 0 saturated heterocycles. The minimum atomic E-state index is 0.899. The van der Waals surface area contributed by atoms with Gasteiger partial charge in [0.2, 0.25) is 0 Å². The van der Waals surface area contributed by atoms with Gasteiger partial charge in [-0.25, -0.2) is 0 Å². The molecule has 0 N–H and O–H groups in total. The predicted octanol–water partition coefficient (Wildman–Crippen LogP) is 3.32. The fourth-order valence-corrected chi connectivity index (χ4v) is 2.32. The number of rotatable bonds is 0. The number of aryl methyl sites for hydroxylation is 1. The first-order valence-corrected chi connectivity index (χ1v) is 5.70. The van der Waals surface area contributed by atoms with E-state index in [1.807, 2.05) is 24.3 Å². The number of hydrogen-bond acceptors (Lipinski definition) is 2. The zero-order valence-corrected chi connectivity index (χ0v) is 10.1. The number of ether oxygens (including phenoxy) is 1. The first-order chi connectivity index (χ1) is 7.75. The Morgan fingerprint density at radius 1 is 1.00 bits per heavy atom. The molecule has 3 rings (SSSR count). The van der Waals surface area contributed by atoms with E-state index in [9.17, 15) is 0 Å². The second-order valence-corrected chi connectivity index (χ2v) is 4.43. The van der Waals surface area contributed by atoms with Gasteiger partial charge in [0.25, 0.3) is 0 Å². The van der Waals surface area contributed by atoms with Gasteiger partial charge in [-0.3, -0.25) is 0 Å². The summed E-state index contributed by atoms with van der Waals surface area (Å²) < 4.78 is 7.95. The summed E-state index contributed by atoms with van der Waals surface area (Å²) >= 11 is 2.73. The molecule has 1 heterocycles. The van der Waals surface area contributed by atoms with Crippen LogP contribution in [0, 0.1) is 6.92 Å². The van der Waals surface area contributed by atoms with E-state index in [1.54, 1.807) is 0 Å². The molecule has 0 aliphatic carbocycles. The van der Waals surface area contributed by atoms with Gasteiger partial charge in [0, 0.05) is 0 Å². The summed E-state index contributed by atoms with van der Waals surface area (Å²) in [5.41, 5.74) is 3.36. The lowest BCUT2D eigenvalue weighted by Crippen LogP contribution is -2.17. The summed E-state index contributed by atoms with van der Waals surface area (Å²) in [6.07, 6.45) is 0. The number of nitrogens with zero attached hydrogens (tertiary/aromatic N) is 1. The highest BCUT2D eigenvalue weighted by Gasteiger charge is 2.19. The number of fused-ring (bicyclic) bond motifs is 2. The largest absolute Gasteiger partial charge is 0.453 e. The Bertz CT molecular complexity index is 553. The van der Waals surface area contributed by atoms with Crippen LogP contribution in [0.4, 0.5) is 11.4 Å². The molecule has 2 nitrogen and oxygen atoms in total. The Kier molecular flexibility index (Phi) is 2.17. The maximum Gasteiger partial charge on any atom is 0.318 e. The highest BCUT2D eigenvalue weighted by Crippen LogP contribution is 2.45. The standard InChI is InChI=1S/C13H10NO.Al/c1-9-6-7-11-13(8-9)15-12-5-3-2-4-10(12)14-11;/h2-8H,1H3;/q-1;+1. The number of hydrogen-bond donors (Lipinski definition) is 0. The van der Waals surface area contributed by atoms with E-state index in [2.05, 4.69) is 45.5 Å². The average molecular weight is 223 g/mol. The van der Waals surface area contributed by atoms with E-state index < -0.39 is 0 Å². The van der Waals surface area contributed by atoms with Crippen molar-refractivity contribution in [2.75, 3.05) is 3.88 Å². The molecule has 0 amide bonds. The molecular weight excluding hydrogens is 213 g/mol. The molecule has 1 aliphatic heterocycles. The van der Waals surface area contributed by atoms with Crippen LogP contribution in [0.5, 0.6) is 11.5 Å². The third-order valence-electron chi connectivity index (χ3n) is 2.72. The molecule has 2 aromatic rings. The van der Waals surface area contributed by atoms with Gasteiger partial charge in [-0.05, 0) is 36.8 Å². The first-order valence-electron chi connectivity index (χ1n) is 5.18. The van der Waals surface area contributed by atoms with Crippen molar-refractivity contribution in [2.24, 2.45) is 0 Å². The lowest BCUT2D eigenvalue weighted by atomic mass is 10.1. The number of para-hydroxylation sites is 2. The van der Waals surface area contributed by atoms with Crippen molar-refractivity contribution in [1.82, 2.24) is 0 Å². The van der Waals surface area contributed by atoms with Gasteiger partial charge in [0.1, 0.15) is 11.5 Å². The molecule has 0 aromatic heterocycles. The van der Waals surface area contributed by atoms with Crippen LogP contribution < -0.4 is 8.62 Å². The third kappa shape index (κ3) is 1.41. The maximum atomic E-state index is 5.87. The zero-order valence-electron chi connectivity index (χ0n) is 8.97. The van der Waals surface area contributed by atoms with Crippen molar-refractivity contribution in [3.63, 3.8) is 0 Å². The average Bonchev–Trinajstić information content (AvgIpc) is 2.29. The zero-order chi connectivity index (χ0) is 11.1. The lowest BCUT2D eigenvalue weighted by Gasteiger charge is -2.31. The monoisotopic (exact) mass is 223 g/mol. The molecule has 76 valence electrons. The Hall–Kier alpha value is -1.43. The van der Waals surface area contributed by atoms with Gasteiger partial charge >= 0.3 is 16.5 Å². The number of anilines is 2. The molecule has 16 heavy (non-hydrogen) atoms. The second-order valence-electron chi connectivity index (χ2n) is 3.91. The van der Waals surface area contributed by atoms with Gasteiger partial charge in [0.05, 0.1) is 11.4 Å². The molecule has 2 radical (unpaired) electrons. The third-order valence-corrected chi connectivity index (χ3v) is 3.28. The van der Waals surface area contributed by atoms with Crippen LogP contribution >= 0.6 is 0 Å². The maximum absolute atomic E-state index is 5.87. The highest BCUT2D eigenvalue weighted by molar-refractivity contribution is 6.23. The highest BCUT2D eigenvalue weighted by atomic mass is 27.1.